The monoisotopic (exact) mass is 1320 g/mol. The molecule has 2 spiro atoms. The molecule has 492 valence electrons. The highest BCUT2D eigenvalue weighted by atomic mass is 35.5. The third-order valence-corrected chi connectivity index (χ3v) is 21.4. The highest BCUT2D eigenvalue weighted by Gasteiger charge is 2.47. The number of aliphatic hydroxyl groups is 2. The van der Waals surface area contributed by atoms with Crippen molar-refractivity contribution in [3.05, 3.63) is 141 Å². The van der Waals surface area contributed by atoms with Gasteiger partial charge >= 0.3 is 11.9 Å². The maximum absolute atomic E-state index is 13.1. The van der Waals surface area contributed by atoms with Crippen LogP contribution in [0.2, 0.25) is 10.0 Å². The number of aryl methyl sites for hydroxylation is 2. The Bertz CT molecular complexity index is 3300. The molecular weight excluding hydrogens is 1220 g/mol. The van der Waals surface area contributed by atoms with Gasteiger partial charge in [0.2, 0.25) is 20.0 Å². The Balaban J connectivity index is 0.000000213. The van der Waals surface area contributed by atoms with Crippen molar-refractivity contribution in [1.82, 2.24) is 0 Å². The minimum atomic E-state index is -3.53. The summed E-state index contributed by atoms with van der Waals surface area (Å²) < 4.78 is 70.2. The van der Waals surface area contributed by atoms with E-state index >= 15 is 0 Å². The van der Waals surface area contributed by atoms with E-state index in [-0.39, 0.29) is 69.8 Å². The van der Waals surface area contributed by atoms with Crippen LogP contribution >= 0.6 is 23.2 Å². The van der Waals surface area contributed by atoms with Crippen LogP contribution in [0.4, 0.5) is 11.4 Å². The largest absolute Gasteiger partial charge is 0.490 e. The van der Waals surface area contributed by atoms with Gasteiger partial charge in [0.05, 0.1) is 59.4 Å². The molecule has 10 atom stereocenters. The summed E-state index contributed by atoms with van der Waals surface area (Å²) in [5.74, 6) is 0.907. The van der Waals surface area contributed by atoms with E-state index in [1.54, 1.807) is 24.3 Å². The zero-order valence-electron chi connectivity index (χ0n) is 53.6. The van der Waals surface area contributed by atoms with E-state index in [0.29, 0.717) is 63.4 Å². The number of fused-ring (bicyclic) bond motifs is 6. The van der Waals surface area contributed by atoms with Gasteiger partial charge in [-0.25, -0.2) is 36.7 Å². The number of hydrogen-bond acceptors (Lipinski definition) is 14. The third kappa shape index (κ3) is 17.7. The number of anilines is 2. The van der Waals surface area contributed by atoms with Gasteiger partial charge in [-0.1, -0.05) is 73.5 Å². The molecule has 0 radical (unpaired) electrons. The number of carbonyl (C=O) groups is 2. The van der Waals surface area contributed by atoms with Crippen LogP contribution in [0.25, 0.3) is 0 Å². The second kappa shape index (κ2) is 28.2. The van der Waals surface area contributed by atoms with Crippen LogP contribution in [0.1, 0.15) is 163 Å². The zero-order valence-corrected chi connectivity index (χ0v) is 56.7. The van der Waals surface area contributed by atoms with Crippen molar-refractivity contribution in [1.29, 1.82) is 0 Å². The molecule has 90 heavy (non-hydrogen) atoms. The Hall–Kier alpha value is -5.18. The summed E-state index contributed by atoms with van der Waals surface area (Å²) in [5.41, 5.74) is 6.01. The minimum absolute atomic E-state index is 0.0739. The van der Waals surface area contributed by atoms with Crippen molar-refractivity contribution in [2.45, 2.75) is 167 Å². The fraction of sp³-hybridized carbons (Fsp3) is 0.571. The first kappa shape index (κ1) is 69.2. The molecule has 20 heteroatoms. The number of allylic oxidation sites excluding steroid dienone is 2. The van der Waals surface area contributed by atoms with Crippen molar-refractivity contribution >= 4 is 66.6 Å². The smallest absolute Gasteiger partial charge is 0.338 e. The second-order valence-electron chi connectivity index (χ2n) is 28.8. The minimum Gasteiger partial charge on any atom is -0.490 e. The number of sulfonamides is 2. The van der Waals surface area contributed by atoms with Gasteiger partial charge in [-0.3, -0.25) is 0 Å². The van der Waals surface area contributed by atoms with E-state index < -0.39 is 43.5 Å². The summed E-state index contributed by atoms with van der Waals surface area (Å²) in [5, 5.41) is 34.1. The van der Waals surface area contributed by atoms with Crippen molar-refractivity contribution in [3.8, 4) is 11.5 Å². The van der Waals surface area contributed by atoms with Crippen LogP contribution in [0.5, 0.6) is 11.5 Å². The quantitative estimate of drug-likeness (QED) is 0.0536. The Morgan fingerprint density at radius 1 is 0.622 bits per heavy atom. The van der Waals surface area contributed by atoms with E-state index in [0.717, 1.165) is 97.1 Å². The van der Waals surface area contributed by atoms with E-state index in [1.807, 2.05) is 104 Å². The van der Waals surface area contributed by atoms with Gasteiger partial charge < -0.3 is 39.0 Å². The number of primary sulfonamides is 2. The molecule has 4 aromatic carbocycles. The summed E-state index contributed by atoms with van der Waals surface area (Å²) in [4.78, 5) is 30.9. The lowest BCUT2D eigenvalue weighted by atomic mass is 9.68. The fourth-order valence-corrected chi connectivity index (χ4v) is 16.6. The molecule has 2 saturated carbocycles. The van der Waals surface area contributed by atoms with Crippen LogP contribution in [0, 0.1) is 35.5 Å². The lowest BCUT2D eigenvalue weighted by Crippen LogP contribution is -2.49. The number of benzene rings is 4. The van der Waals surface area contributed by atoms with Gasteiger partial charge in [0.25, 0.3) is 0 Å². The average molecular weight is 1320 g/mol. The fourth-order valence-electron chi connectivity index (χ4n) is 14.4. The third-order valence-electron chi connectivity index (χ3n) is 18.9. The number of aliphatic hydroxyl groups excluding tert-OH is 2. The molecule has 0 saturated heterocycles. The highest BCUT2D eigenvalue weighted by Crippen LogP contribution is 2.49. The number of nitrogens with two attached hydrogens (primary N) is 2. The number of halogens is 2. The molecular formula is C70H94Cl2N4O12S2. The average Bonchev–Trinajstić information content (AvgIpc) is 1.46. The maximum atomic E-state index is 13.1. The molecule has 0 aromatic heterocycles. The Kier molecular flexibility index (Phi) is 21.7. The number of carbonyl (C=O) groups excluding carboxylic acids is 2. The van der Waals surface area contributed by atoms with Crippen LogP contribution in [0.15, 0.2) is 97.1 Å². The lowest BCUT2D eigenvalue weighted by molar-refractivity contribution is 0.00570. The van der Waals surface area contributed by atoms with Crippen molar-refractivity contribution in [2.75, 3.05) is 60.7 Å². The molecule has 10 rings (SSSR count). The molecule has 0 bridgehead atoms. The number of ether oxygens (including phenoxy) is 4. The maximum Gasteiger partial charge on any atom is 0.338 e. The van der Waals surface area contributed by atoms with Gasteiger partial charge in [0.15, 0.2) is 0 Å². The molecule has 2 aliphatic heterocycles. The topological polar surface area (TPSA) is 238 Å². The van der Waals surface area contributed by atoms with Gasteiger partial charge in [-0.05, 0) is 237 Å². The summed E-state index contributed by atoms with van der Waals surface area (Å²) in [7, 11) is -7.07. The molecule has 0 unspecified atom stereocenters. The lowest BCUT2D eigenvalue weighted by Gasteiger charge is -2.45. The number of hydrogen-bond donors (Lipinski definition) is 4. The van der Waals surface area contributed by atoms with Gasteiger partial charge in [0, 0.05) is 47.1 Å². The summed E-state index contributed by atoms with van der Waals surface area (Å²) >= 11 is 12.8. The van der Waals surface area contributed by atoms with Crippen LogP contribution < -0.4 is 29.6 Å². The number of esters is 2. The standard InChI is InChI=1S/2C35H47ClN2O6S/c2*1-23(20-45(37,41)42)7-5-9-31(39)28-13-10-26(28)19-38-21-35(16-6-8-24-17-27(36)12-14-29(24)35)22-43-32-15-11-25(18-30(32)38)33(40)44-34(2,3)4/h2*5,9,11-12,14-15,17-18,23,26,28,31,39H,6-8,10,13,16,19-22H2,1-4H3,(H2,37,41,42)/b2*9-5+/t23-,26+,28-,31+,35+;23-,26-,28+,31-,35-/m10/s1. The predicted molar refractivity (Wildman–Crippen MR) is 357 cm³/mol. The highest BCUT2D eigenvalue weighted by molar-refractivity contribution is 7.89. The second-order valence-corrected chi connectivity index (χ2v) is 32.9. The van der Waals surface area contributed by atoms with E-state index in [9.17, 15) is 36.6 Å². The number of rotatable bonds is 18. The zero-order chi connectivity index (χ0) is 65.1. The molecule has 4 aromatic rings. The molecule has 2 heterocycles. The summed E-state index contributed by atoms with van der Waals surface area (Å²) in [6, 6.07) is 23.5. The van der Waals surface area contributed by atoms with Crippen LogP contribution in [-0.2, 0) is 53.2 Å². The first-order chi connectivity index (χ1) is 42.2. The summed E-state index contributed by atoms with van der Waals surface area (Å²) in [6.45, 7) is 18.7. The normalized spacial score (nSPS) is 24.6. The Morgan fingerprint density at radius 3 is 1.36 bits per heavy atom. The van der Waals surface area contributed by atoms with Gasteiger partial charge in [0.1, 0.15) is 22.7 Å². The van der Waals surface area contributed by atoms with Crippen molar-refractivity contribution in [2.24, 2.45) is 45.8 Å². The van der Waals surface area contributed by atoms with Crippen LogP contribution in [-0.4, -0.2) is 113 Å². The molecule has 6 N–H and O–H groups in total. The Morgan fingerprint density at radius 2 is 1.01 bits per heavy atom. The van der Waals surface area contributed by atoms with Crippen LogP contribution in [0.3, 0.4) is 0 Å². The predicted octanol–water partition coefficient (Wildman–Crippen LogP) is 12.1. The van der Waals surface area contributed by atoms with Gasteiger partial charge in [-0.15, -0.1) is 0 Å². The SMILES string of the molecule is C[C@@H](C/C=C/[C@H](O)[C@@H]1CC[C@H]1CN1C[C@@]2(CCCc3cc(Cl)ccc32)COc2ccc(C(=O)OC(C)(C)C)cc21)CS(N)(=O)=O.C[C@H](C/C=C/[C@H](O)[C@@H]1CC[C@H]1CN1C[C@@]2(CCCc3cc(Cl)ccc32)COc2ccc(C(=O)OC(C)(C)C)cc21)CS(N)(=O)=O. The van der Waals surface area contributed by atoms with Crippen molar-refractivity contribution < 1.29 is 55.6 Å². The summed E-state index contributed by atoms with van der Waals surface area (Å²) in [6.07, 6.45) is 16.9. The Labute approximate surface area is 544 Å². The number of nitrogens with zero attached hydrogens (tertiary/aromatic N) is 2. The van der Waals surface area contributed by atoms with E-state index in [1.165, 1.54) is 22.3 Å². The van der Waals surface area contributed by atoms with E-state index in [2.05, 4.69) is 34.1 Å². The molecule has 6 aliphatic rings. The van der Waals surface area contributed by atoms with E-state index in [4.69, 9.17) is 52.4 Å². The molecule has 16 nitrogen and oxygen atoms in total. The van der Waals surface area contributed by atoms with Crippen molar-refractivity contribution in [3.63, 3.8) is 0 Å². The molecule has 0 amide bonds. The molecule has 4 aliphatic carbocycles. The first-order valence-electron chi connectivity index (χ1n) is 32.0. The molecule has 2 fully saturated rings. The first-order valence-corrected chi connectivity index (χ1v) is 36.2. The van der Waals surface area contributed by atoms with Gasteiger partial charge in [-0.2, -0.15) is 0 Å².